The Kier molecular flexibility index (Phi) is 5.11. The lowest BCUT2D eigenvalue weighted by Gasteiger charge is -2.13. The van der Waals surface area contributed by atoms with E-state index in [4.69, 9.17) is 4.74 Å². The summed E-state index contributed by atoms with van der Waals surface area (Å²) in [5, 5.41) is 0. The minimum absolute atomic E-state index is 0.333. The molecular formula is C19H17BrN2O2. The summed E-state index contributed by atoms with van der Waals surface area (Å²) >= 11 is 3.50. The number of aromatic nitrogens is 2. The quantitative estimate of drug-likeness (QED) is 0.653. The first-order valence-electron chi connectivity index (χ1n) is 7.72. The van der Waals surface area contributed by atoms with Crippen molar-refractivity contribution in [2.75, 3.05) is 6.61 Å². The molecule has 122 valence electrons. The number of esters is 1. The van der Waals surface area contributed by atoms with Crippen molar-refractivity contribution >= 4 is 21.9 Å². The number of nitrogens with zero attached hydrogens (tertiary/aromatic N) is 1. The number of carbonyl (C=O) groups excluding carboxylic acids is 1. The number of aromatic amines is 1. The van der Waals surface area contributed by atoms with E-state index in [0.29, 0.717) is 24.4 Å². The number of imidazole rings is 1. The van der Waals surface area contributed by atoms with Gasteiger partial charge >= 0.3 is 5.97 Å². The van der Waals surface area contributed by atoms with Gasteiger partial charge in [0.05, 0.1) is 12.2 Å². The molecule has 0 spiro atoms. The van der Waals surface area contributed by atoms with Gasteiger partial charge in [-0.05, 0) is 42.7 Å². The van der Waals surface area contributed by atoms with Crippen LogP contribution in [0.5, 0.6) is 0 Å². The third kappa shape index (κ3) is 3.57. The molecule has 5 heteroatoms. The predicted octanol–water partition coefficient (Wildman–Crippen LogP) is 4.61. The fourth-order valence-electron chi connectivity index (χ4n) is 2.67. The highest BCUT2D eigenvalue weighted by Crippen LogP contribution is 2.28. The molecule has 0 saturated heterocycles. The fourth-order valence-corrected chi connectivity index (χ4v) is 3.12. The smallest absolute Gasteiger partial charge is 0.338 e. The van der Waals surface area contributed by atoms with Crippen molar-refractivity contribution in [2.24, 2.45) is 0 Å². The van der Waals surface area contributed by atoms with E-state index >= 15 is 0 Å². The summed E-state index contributed by atoms with van der Waals surface area (Å²) < 4.78 is 6.23. The van der Waals surface area contributed by atoms with Crippen molar-refractivity contribution < 1.29 is 9.53 Å². The fraction of sp³-hybridized carbons (Fsp3) is 0.158. The molecule has 0 aliphatic heterocycles. The van der Waals surface area contributed by atoms with Gasteiger partial charge in [-0.25, -0.2) is 9.78 Å². The average Bonchev–Trinajstić information content (AvgIpc) is 3.09. The number of carbonyl (C=O) groups is 1. The lowest BCUT2D eigenvalue weighted by Crippen LogP contribution is -2.09. The highest BCUT2D eigenvalue weighted by atomic mass is 79.9. The van der Waals surface area contributed by atoms with Crippen molar-refractivity contribution in [2.45, 2.75) is 13.3 Å². The lowest BCUT2D eigenvalue weighted by atomic mass is 9.95. The van der Waals surface area contributed by atoms with Crippen LogP contribution in [0.1, 0.15) is 28.4 Å². The molecule has 4 nitrogen and oxygen atoms in total. The van der Waals surface area contributed by atoms with Gasteiger partial charge in [-0.3, -0.25) is 0 Å². The Bertz CT molecular complexity index is 844. The van der Waals surface area contributed by atoms with Crippen LogP contribution in [-0.2, 0) is 11.2 Å². The van der Waals surface area contributed by atoms with Crippen molar-refractivity contribution in [3.05, 3.63) is 76.0 Å². The van der Waals surface area contributed by atoms with Gasteiger partial charge in [0.25, 0.3) is 0 Å². The van der Waals surface area contributed by atoms with Crippen LogP contribution in [0, 0.1) is 0 Å². The molecule has 24 heavy (non-hydrogen) atoms. The molecule has 1 N–H and O–H groups in total. The van der Waals surface area contributed by atoms with E-state index in [1.165, 1.54) is 0 Å². The molecule has 2 aromatic carbocycles. The van der Waals surface area contributed by atoms with E-state index in [9.17, 15) is 4.79 Å². The van der Waals surface area contributed by atoms with E-state index in [2.05, 4.69) is 38.0 Å². The van der Waals surface area contributed by atoms with Crippen LogP contribution in [0.3, 0.4) is 0 Å². The maximum Gasteiger partial charge on any atom is 0.338 e. The molecule has 3 aromatic rings. The Morgan fingerprint density at radius 2 is 2.08 bits per heavy atom. The first-order valence-corrected chi connectivity index (χ1v) is 8.51. The number of nitrogens with one attached hydrogen (secondary N) is 1. The second-order valence-corrected chi connectivity index (χ2v) is 6.22. The molecule has 0 unspecified atom stereocenters. The molecule has 0 aliphatic rings. The number of benzene rings is 2. The van der Waals surface area contributed by atoms with Crippen molar-refractivity contribution in [1.82, 2.24) is 9.97 Å². The third-order valence-electron chi connectivity index (χ3n) is 3.66. The Hall–Kier alpha value is -2.40. The van der Waals surface area contributed by atoms with Crippen LogP contribution in [-0.4, -0.2) is 22.5 Å². The topological polar surface area (TPSA) is 55.0 Å². The van der Waals surface area contributed by atoms with Crippen molar-refractivity contribution in [3.63, 3.8) is 0 Å². The zero-order valence-corrected chi connectivity index (χ0v) is 14.8. The summed E-state index contributed by atoms with van der Waals surface area (Å²) in [6.07, 6.45) is 4.13. The summed E-state index contributed by atoms with van der Waals surface area (Å²) in [4.78, 5) is 19.8. The minimum Gasteiger partial charge on any atom is -0.462 e. The first-order chi connectivity index (χ1) is 11.7. The Labute approximate surface area is 149 Å². The second-order valence-electron chi connectivity index (χ2n) is 5.30. The van der Waals surface area contributed by atoms with Crippen LogP contribution in [0.15, 0.2) is 59.3 Å². The zero-order valence-electron chi connectivity index (χ0n) is 13.3. The van der Waals surface area contributed by atoms with Gasteiger partial charge in [0, 0.05) is 22.4 Å². The molecule has 0 bridgehead atoms. The largest absolute Gasteiger partial charge is 0.462 e. The minimum atomic E-state index is -0.333. The summed E-state index contributed by atoms with van der Waals surface area (Å²) in [6, 6.07) is 13.8. The van der Waals surface area contributed by atoms with Crippen molar-refractivity contribution in [1.29, 1.82) is 0 Å². The van der Waals surface area contributed by atoms with E-state index < -0.39 is 0 Å². The van der Waals surface area contributed by atoms with E-state index in [1.54, 1.807) is 25.4 Å². The third-order valence-corrected chi connectivity index (χ3v) is 4.16. The maximum atomic E-state index is 12.3. The lowest BCUT2D eigenvalue weighted by molar-refractivity contribution is 0.0527. The number of rotatable bonds is 5. The van der Waals surface area contributed by atoms with Gasteiger partial charge in [-0.1, -0.05) is 40.2 Å². The summed E-state index contributed by atoms with van der Waals surface area (Å²) in [7, 11) is 0. The van der Waals surface area contributed by atoms with Gasteiger partial charge in [-0.2, -0.15) is 0 Å². The zero-order chi connectivity index (χ0) is 16.9. The van der Waals surface area contributed by atoms with Gasteiger partial charge < -0.3 is 9.72 Å². The predicted molar refractivity (Wildman–Crippen MR) is 96.9 cm³/mol. The second kappa shape index (κ2) is 7.45. The average molecular weight is 385 g/mol. The molecule has 0 saturated carbocycles. The van der Waals surface area contributed by atoms with Crippen LogP contribution >= 0.6 is 15.9 Å². The number of H-pyrrole nitrogens is 1. The first kappa shape index (κ1) is 16.5. The standard InChI is InChI=1S/C19H17BrN2O2/c1-2-24-19(23)16-8-4-6-14(17(16)18-21-9-10-22-18)11-13-5-3-7-15(20)12-13/h3-10,12H,2,11H2,1H3,(H,21,22). The summed E-state index contributed by atoms with van der Waals surface area (Å²) in [5.41, 5.74) is 3.49. The van der Waals surface area contributed by atoms with Gasteiger partial charge in [-0.15, -0.1) is 0 Å². The molecule has 0 atom stereocenters. The van der Waals surface area contributed by atoms with E-state index in [-0.39, 0.29) is 5.97 Å². The molecule has 0 aliphatic carbocycles. The Morgan fingerprint density at radius 3 is 2.79 bits per heavy atom. The number of hydrogen-bond donors (Lipinski definition) is 1. The molecule has 0 radical (unpaired) electrons. The monoisotopic (exact) mass is 384 g/mol. The van der Waals surface area contributed by atoms with Gasteiger partial charge in [0.2, 0.25) is 0 Å². The van der Waals surface area contributed by atoms with Crippen LogP contribution < -0.4 is 0 Å². The van der Waals surface area contributed by atoms with Gasteiger partial charge in [0.15, 0.2) is 0 Å². The highest BCUT2D eigenvalue weighted by molar-refractivity contribution is 9.10. The van der Waals surface area contributed by atoms with Crippen LogP contribution in [0.25, 0.3) is 11.4 Å². The number of hydrogen-bond acceptors (Lipinski definition) is 3. The van der Waals surface area contributed by atoms with E-state index in [0.717, 1.165) is 21.2 Å². The maximum absolute atomic E-state index is 12.3. The summed E-state index contributed by atoms with van der Waals surface area (Å²) in [5.74, 6) is 0.337. The molecule has 1 aromatic heterocycles. The normalized spacial score (nSPS) is 10.6. The SMILES string of the molecule is CCOC(=O)c1cccc(Cc2cccc(Br)c2)c1-c1ncc[nH]1. The Balaban J connectivity index is 2.08. The molecule has 0 amide bonds. The molecule has 0 fully saturated rings. The van der Waals surface area contributed by atoms with Crippen LogP contribution in [0.4, 0.5) is 0 Å². The van der Waals surface area contributed by atoms with E-state index in [1.807, 2.05) is 24.3 Å². The number of ether oxygens (including phenoxy) is 1. The van der Waals surface area contributed by atoms with Crippen LogP contribution in [0.2, 0.25) is 0 Å². The highest BCUT2D eigenvalue weighted by Gasteiger charge is 2.19. The molecule has 1 heterocycles. The number of halogens is 1. The Morgan fingerprint density at radius 1 is 1.25 bits per heavy atom. The molecular weight excluding hydrogens is 368 g/mol. The van der Waals surface area contributed by atoms with Crippen molar-refractivity contribution in [3.8, 4) is 11.4 Å². The summed E-state index contributed by atoms with van der Waals surface area (Å²) in [6.45, 7) is 2.14. The molecule has 3 rings (SSSR count). The van der Waals surface area contributed by atoms with Gasteiger partial charge in [0.1, 0.15) is 5.82 Å².